The number of H-pyrrole nitrogens is 4. The maximum absolute atomic E-state index is 13.5. The van der Waals surface area contributed by atoms with Crippen LogP contribution >= 0.6 is 0 Å². The molecular formula is C91H84F6N28O3. The maximum atomic E-state index is 13.5. The number of halogens is 6. The first kappa shape index (κ1) is 84.2. The molecule has 128 heavy (non-hydrogen) atoms. The van der Waals surface area contributed by atoms with Crippen molar-refractivity contribution in [2.24, 2.45) is 0 Å². The van der Waals surface area contributed by atoms with E-state index in [2.05, 4.69) is 141 Å². The van der Waals surface area contributed by atoms with Gasteiger partial charge in [-0.3, -0.25) is 20.4 Å². The van der Waals surface area contributed by atoms with Gasteiger partial charge in [0.05, 0.1) is 68.3 Å². The van der Waals surface area contributed by atoms with Gasteiger partial charge in [0.2, 0.25) is 47.6 Å². The van der Waals surface area contributed by atoms with Gasteiger partial charge in [-0.1, -0.05) is 60.7 Å². The molecule has 0 saturated carbocycles. The fourth-order valence-electron chi connectivity index (χ4n) is 15.7. The molecule has 12 heterocycles. The first-order valence-corrected chi connectivity index (χ1v) is 41.2. The van der Waals surface area contributed by atoms with Crippen molar-refractivity contribution in [1.82, 2.24) is 101 Å². The molecule has 0 bridgehead atoms. The number of hydrogen-bond acceptors (Lipinski definition) is 27. The van der Waals surface area contributed by atoms with E-state index < -0.39 is 0 Å². The quantitative estimate of drug-likeness (QED) is 0.0276. The van der Waals surface area contributed by atoms with Crippen molar-refractivity contribution in [2.75, 3.05) is 88.4 Å². The van der Waals surface area contributed by atoms with Crippen LogP contribution < -0.4 is 55.1 Å². The minimum absolute atomic E-state index is 0.0841. The van der Waals surface area contributed by atoms with Crippen LogP contribution in [-0.2, 0) is 0 Å². The molecule has 0 radical (unpaired) electrons. The summed E-state index contributed by atoms with van der Waals surface area (Å²) < 4.78 is 95.8. The van der Waals surface area contributed by atoms with Gasteiger partial charge in [0.1, 0.15) is 66.0 Å². The van der Waals surface area contributed by atoms with Crippen LogP contribution in [0.1, 0.15) is 97.8 Å². The van der Waals surface area contributed by atoms with Crippen LogP contribution in [-0.4, -0.2) is 148 Å². The fourth-order valence-corrected chi connectivity index (χ4v) is 15.7. The molecule has 8 aromatic heterocycles. The van der Waals surface area contributed by atoms with Crippen molar-refractivity contribution < 1.29 is 40.6 Å². The summed E-state index contributed by atoms with van der Waals surface area (Å²) in [6.45, 7) is 3.26. The monoisotopic (exact) mass is 1730 g/mol. The molecular weight excluding hydrogens is 1650 g/mol. The molecule has 37 heteroatoms. The number of rotatable bonds is 23. The molecule has 20 rings (SSSR count). The fraction of sp³-hybridized carbons (Fsp3) is 0.209. The average molecular weight is 1730 g/mol. The van der Waals surface area contributed by atoms with Crippen molar-refractivity contribution in [3.8, 4) is 62.3 Å². The Hall–Kier alpha value is -16.0. The summed E-state index contributed by atoms with van der Waals surface area (Å²) in [5, 5.41) is 41.3. The Bertz CT molecular complexity index is 6380. The van der Waals surface area contributed by atoms with E-state index in [0.29, 0.717) is 93.6 Å². The predicted octanol–water partition coefficient (Wildman–Crippen LogP) is 18.2. The van der Waals surface area contributed by atoms with Gasteiger partial charge >= 0.3 is 0 Å². The number of aromatic nitrogens is 20. The van der Waals surface area contributed by atoms with Crippen molar-refractivity contribution in [1.29, 1.82) is 0 Å². The van der Waals surface area contributed by atoms with Gasteiger partial charge in [0.15, 0.2) is 34.8 Å². The number of ether oxygens (including phenoxy) is 3. The first-order chi connectivity index (χ1) is 62.6. The molecule has 648 valence electrons. The topological polar surface area (TPSA) is 358 Å². The van der Waals surface area contributed by atoms with E-state index in [-0.39, 0.29) is 59.1 Å². The second kappa shape index (κ2) is 39.3. The van der Waals surface area contributed by atoms with E-state index in [1.807, 2.05) is 78.9 Å². The molecule has 4 aliphatic heterocycles. The van der Waals surface area contributed by atoms with E-state index in [0.717, 1.165) is 139 Å². The van der Waals surface area contributed by atoms with Crippen molar-refractivity contribution >= 4 is 70.9 Å². The third kappa shape index (κ3) is 20.4. The standard InChI is InChI=1S/C24H24FN7O2.C23H22FN7O.2C22H19F2N7/c1-33-20-10-7-16(12-21(20)34-2)18-13-22(31-30-18)28-23-26-14-27-24(29-23)32-11-3-4-19(32)15-5-8-17(25)9-6-15;1-32-18-10-6-15(7-11-18)19-13-21(30-29-19)27-22-25-14-26-23(28-22)31-12-2-3-20(31)16-4-8-17(24)9-5-16;23-16-8-6-14(7-9-16)19-5-2-10-31(19)22-26-13-25-21(28-22)27-20-12-18(29-30-20)15-3-1-4-17(24)11-15;23-16-7-3-14(4-8-16)18-12-20(30-29-18)27-21-25-13-26-22(28-21)31-11-1-2-19(31)15-5-9-17(24)10-6-15/h5-10,12-14,19H,3-4,11H2,1-2H3,(H2,26,27,28,29,30,31);4-11,13-14,20H,2-3,12H2,1H3,(H2,25,26,27,28,29,30);1,3-4,6-9,11-13,19H,2,5,10H2,(H2,25,26,27,28,29,30);3-10,12-13,19H,1-2,11H2,(H2,25,26,27,28,29,30). The molecule has 8 N–H and O–H groups in total. The number of benzene rings is 8. The lowest BCUT2D eigenvalue weighted by Crippen LogP contribution is -2.25. The second-order valence-corrected chi connectivity index (χ2v) is 30.0. The number of nitrogens with zero attached hydrogens (tertiary/aromatic N) is 20. The number of methoxy groups -OCH3 is 3. The number of anilines is 12. The van der Waals surface area contributed by atoms with Gasteiger partial charge < -0.3 is 55.1 Å². The van der Waals surface area contributed by atoms with Crippen molar-refractivity contribution in [3.05, 3.63) is 295 Å². The Morgan fingerprint density at radius 2 is 0.578 bits per heavy atom. The summed E-state index contributed by atoms with van der Waals surface area (Å²) >= 11 is 0. The summed E-state index contributed by atoms with van der Waals surface area (Å²) in [6.07, 6.45) is 13.7. The zero-order valence-corrected chi connectivity index (χ0v) is 69.2. The molecule has 31 nitrogen and oxygen atoms in total. The Balaban J connectivity index is 0.000000120. The molecule has 0 aliphatic carbocycles. The lowest BCUT2D eigenvalue weighted by atomic mass is 10.0. The Kier molecular flexibility index (Phi) is 25.8. The van der Waals surface area contributed by atoms with E-state index in [1.165, 1.54) is 98.1 Å². The van der Waals surface area contributed by atoms with Crippen LogP contribution in [0.15, 0.2) is 238 Å². The average Bonchev–Trinajstić information content (AvgIpc) is 1.78. The molecule has 4 unspecified atom stereocenters. The minimum atomic E-state index is -0.315. The normalized spacial score (nSPS) is 15.7. The zero-order valence-electron chi connectivity index (χ0n) is 69.2. The molecule has 8 aromatic carbocycles. The van der Waals surface area contributed by atoms with Crippen LogP contribution in [0.5, 0.6) is 17.2 Å². The van der Waals surface area contributed by atoms with Gasteiger partial charge in [-0.05, 0) is 212 Å². The number of nitrogens with one attached hydrogen (secondary N) is 8. The maximum Gasteiger partial charge on any atom is 0.233 e. The summed E-state index contributed by atoms with van der Waals surface area (Å²) in [6, 6.07) is 59.8. The Morgan fingerprint density at radius 3 is 0.883 bits per heavy atom. The van der Waals surface area contributed by atoms with Crippen LogP contribution in [0.3, 0.4) is 0 Å². The SMILES string of the molecule is COc1ccc(-c2cc(Nc3ncnc(N4CCCC4c4ccc(F)cc4)n3)n[nH]2)cc1.COc1ccc(-c2cc(Nc3ncnc(N4CCCC4c4ccc(F)cc4)n3)n[nH]2)cc1OC.Fc1ccc(-c2cc(Nc3ncnc(N4CCCC4c4ccc(F)cc4)n3)n[nH]2)cc1.Fc1ccc(C2CCCN2c2ncnc(Nc3cc(-c4cccc(F)c4)[nH]n3)n2)cc1. The number of aromatic amines is 4. The van der Waals surface area contributed by atoms with Gasteiger partial charge in [-0.2, -0.15) is 40.3 Å². The van der Waals surface area contributed by atoms with Gasteiger partial charge in [-0.15, -0.1) is 0 Å². The van der Waals surface area contributed by atoms with E-state index in [1.54, 1.807) is 82.0 Å². The second-order valence-electron chi connectivity index (χ2n) is 30.0. The molecule has 16 aromatic rings. The molecule has 4 fully saturated rings. The highest BCUT2D eigenvalue weighted by atomic mass is 19.1. The minimum Gasteiger partial charge on any atom is -0.497 e. The van der Waals surface area contributed by atoms with Gasteiger partial charge in [0, 0.05) is 61.6 Å². The highest BCUT2D eigenvalue weighted by Crippen LogP contribution is 2.41. The summed E-state index contributed by atoms with van der Waals surface area (Å²) in [7, 11) is 4.84. The highest BCUT2D eigenvalue weighted by molar-refractivity contribution is 5.70. The smallest absolute Gasteiger partial charge is 0.233 e. The van der Waals surface area contributed by atoms with E-state index in [4.69, 9.17) is 14.2 Å². The van der Waals surface area contributed by atoms with Crippen LogP contribution in [0.25, 0.3) is 45.0 Å². The number of hydrogen-bond donors (Lipinski definition) is 8. The molecule has 4 atom stereocenters. The highest BCUT2D eigenvalue weighted by Gasteiger charge is 2.33. The summed E-state index contributed by atoms with van der Waals surface area (Å²) in [5.74, 6) is 6.48. The van der Waals surface area contributed by atoms with Crippen LogP contribution in [0.2, 0.25) is 0 Å². The third-order valence-electron chi connectivity index (χ3n) is 22.0. The zero-order chi connectivity index (χ0) is 87.8. The van der Waals surface area contributed by atoms with E-state index >= 15 is 0 Å². The first-order valence-electron chi connectivity index (χ1n) is 41.2. The summed E-state index contributed by atoms with van der Waals surface area (Å²) in [4.78, 5) is 61.1. The molecule has 0 spiro atoms. The lowest BCUT2D eigenvalue weighted by Gasteiger charge is -2.25. The molecule has 4 aliphatic rings. The van der Waals surface area contributed by atoms with Crippen molar-refractivity contribution in [3.63, 3.8) is 0 Å². The third-order valence-corrected chi connectivity index (χ3v) is 22.0. The predicted molar refractivity (Wildman–Crippen MR) is 471 cm³/mol. The van der Waals surface area contributed by atoms with Gasteiger partial charge in [0.25, 0.3) is 0 Å². The Morgan fingerprint density at radius 1 is 0.289 bits per heavy atom. The van der Waals surface area contributed by atoms with Gasteiger partial charge in [-0.25, -0.2) is 66.2 Å². The Labute approximate surface area is 729 Å². The lowest BCUT2D eigenvalue weighted by molar-refractivity contribution is 0.355. The van der Waals surface area contributed by atoms with E-state index in [9.17, 15) is 26.3 Å². The molecule has 4 saturated heterocycles. The van der Waals surface area contributed by atoms with Crippen molar-refractivity contribution in [2.45, 2.75) is 75.5 Å². The van der Waals surface area contributed by atoms with Crippen LogP contribution in [0.4, 0.5) is 97.2 Å². The summed E-state index contributed by atoms with van der Waals surface area (Å²) in [5.41, 5.74) is 10.6. The van der Waals surface area contributed by atoms with Crippen LogP contribution in [0, 0.1) is 34.9 Å². The largest absolute Gasteiger partial charge is 0.497 e. The molecule has 0 amide bonds.